The molecule has 0 bridgehead atoms. The molecule has 2 rings (SSSR count). The Hall–Kier alpha value is -2.21. The van der Waals surface area contributed by atoms with E-state index >= 15 is 0 Å². The van der Waals surface area contributed by atoms with Crippen LogP contribution in [0.4, 0.5) is 4.39 Å². The van der Waals surface area contributed by atoms with Crippen molar-refractivity contribution in [1.82, 2.24) is 5.32 Å². The first-order valence-electron chi connectivity index (χ1n) is 7.39. The number of ether oxygens (including phenoxy) is 1. The third-order valence-corrected chi connectivity index (χ3v) is 3.88. The third kappa shape index (κ3) is 5.77. The summed E-state index contributed by atoms with van der Waals surface area (Å²) in [5.74, 6) is -1.38. The van der Waals surface area contributed by atoms with Crippen molar-refractivity contribution in [3.63, 3.8) is 0 Å². The van der Waals surface area contributed by atoms with E-state index in [9.17, 15) is 14.0 Å². The number of nitrogens with one attached hydrogen (secondary N) is 1. The van der Waals surface area contributed by atoms with Gasteiger partial charge in [-0.25, -0.2) is 4.39 Å². The first-order valence-corrected chi connectivity index (χ1v) is 8.18. The quantitative estimate of drug-likeness (QED) is 0.763. The van der Waals surface area contributed by atoms with Crippen LogP contribution in [0.5, 0.6) is 0 Å². The largest absolute Gasteiger partial charge is 0.455 e. The van der Waals surface area contributed by atoms with Crippen molar-refractivity contribution < 1.29 is 18.7 Å². The van der Waals surface area contributed by atoms with E-state index in [0.29, 0.717) is 5.56 Å². The molecule has 0 aliphatic rings. The van der Waals surface area contributed by atoms with E-state index in [1.807, 2.05) is 31.2 Å². The molecule has 0 aliphatic carbocycles. The number of halogens is 2. The normalized spacial score (nSPS) is 11.6. The molecule has 6 heteroatoms. The molecule has 2 aromatic carbocycles. The van der Waals surface area contributed by atoms with Gasteiger partial charge < -0.3 is 10.1 Å². The van der Waals surface area contributed by atoms with Gasteiger partial charge in [-0.3, -0.25) is 9.59 Å². The van der Waals surface area contributed by atoms with Crippen molar-refractivity contribution in [2.75, 3.05) is 6.61 Å². The summed E-state index contributed by atoms with van der Waals surface area (Å²) in [5.41, 5.74) is 1.45. The molecular weight excluding hydrogens is 377 g/mol. The zero-order chi connectivity index (χ0) is 17.5. The van der Waals surface area contributed by atoms with Gasteiger partial charge in [-0.05, 0) is 42.3 Å². The van der Waals surface area contributed by atoms with Gasteiger partial charge in [0, 0.05) is 4.47 Å². The summed E-state index contributed by atoms with van der Waals surface area (Å²) >= 11 is 3.35. The summed E-state index contributed by atoms with van der Waals surface area (Å²) in [7, 11) is 0. The lowest BCUT2D eigenvalue weighted by atomic mass is 10.1. The van der Waals surface area contributed by atoms with E-state index in [2.05, 4.69) is 21.2 Å². The van der Waals surface area contributed by atoms with Gasteiger partial charge in [0.25, 0.3) is 5.91 Å². The van der Waals surface area contributed by atoms with Crippen molar-refractivity contribution in [3.8, 4) is 0 Å². The Morgan fingerprint density at radius 1 is 1.21 bits per heavy atom. The van der Waals surface area contributed by atoms with Gasteiger partial charge in [-0.2, -0.15) is 0 Å². The Morgan fingerprint density at radius 2 is 1.92 bits per heavy atom. The third-order valence-electron chi connectivity index (χ3n) is 3.35. The average molecular weight is 394 g/mol. The smallest absolute Gasteiger partial charge is 0.310 e. The second-order valence-corrected chi connectivity index (χ2v) is 6.22. The molecule has 4 nitrogen and oxygen atoms in total. The minimum Gasteiger partial charge on any atom is -0.455 e. The lowest BCUT2D eigenvalue weighted by Gasteiger charge is -2.14. The molecule has 1 atom stereocenters. The molecule has 24 heavy (non-hydrogen) atoms. The molecule has 1 N–H and O–H groups in total. The van der Waals surface area contributed by atoms with Gasteiger partial charge in [0.15, 0.2) is 6.61 Å². The van der Waals surface area contributed by atoms with Crippen molar-refractivity contribution >= 4 is 27.8 Å². The molecular formula is C18H17BrFNO3. The first-order chi connectivity index (χ1) is 11.4. The number of hydrogen-bond acceptors (Lipinski definition) is 3. The lowest BCUT2D eigenvalue weighted by molar-refractivity contribution is -0.148. The van der Waals surface area contributed by atoms with E-state index in [1.54, 1.807) is 6.07 Å². The number of hydrogen-bond donors (Lipinski definition) is 1. The van der Waals surface area contributed by atoms with Crippen LogP contribution in [0.15, 0.2) is 53.0 Å². The van der Waals surface area contributed by atoms with Crippen molar-refractivity contribution in [2.45, 2.75) is 19.4 Å². The Kier molecular flexibility index (Phi) is 6.49. The monoisotopic (exact) mass is 393 g/mol. The van der Waals surface area contributed by atoms with Crippen molar-refractivity contribution in [2.24, 2.45) is 0 Å². The van der Waals surface area contributed by atoms with Crippen LogP contribution in [-0.2, 0) is 20.7 Å². The van der Waals surface area contributed by atoms with Crippen LogP contribution in [-0.4, -0.2) is 18.5 Å². The number of rotatable bonds is 6. The van der Waals surface area contributed by atoms with Crippen LogP contribution in [0, 0.1) is 5.82 Å². The lowest BCUT2D eigenvalue weighted by Crippen LogP contribution is -2.31. The molecule has 126 valence electrons. The summed E-state index contributed by atoms with van der Waals surface area (Å²) in [6, 6.07) is 13.1. The molecule has 0 fully saturated rings. The molecule has 1 amide bonds. The Balaban J connectivity index is 1.78. The van der Waals surface area contributed by atoms with E-state index in [0.717, 1.165) is 10.0 Å². The molecule has 0 spiro atoms. The predicted molar refractivity (Wildman–Crippen MR) is 91.8 cm³/mol. The summed E-state index contributed by atoms with van der Waals surface area (Å²) in [6.45, 7) is 1.48. The predicted octanol–water partition coefficient (Wildman–Crippen LogP) is 3.55. The fraction of sp³-hybridized carbons (Fsp3) is 0.222. The van der Waals surface area contributed by atoms with Gasteiger partial charge >= 0.3 is 5.97 Å². The molecule has 0 heterocycles. The molecule has 0 aromatic heterocycles. The van der Waals surface area contributed by atoms with E-state index in [1.165, 1.54) is 18.2 Å². The fourth-order valence-electron chi connectivity index (χ4n) is 2.13. The summed E-state index contributed by atoms with van der Waals surface area (Å²) in [6.07, 6.45) is -0.0761. The zero-order valence-electron chi connectivity index (χ0n) is 13.1. The minimum atomic E-state index is -0.577. The SMILES string of the molecule is CC(NC(=O)COC(=O)Cc1cccc(F)c1)c1ccc(Br)cc1. The summed E-state index contributed by atoms with van der Waals surface area (Å²) < 4.78 is 18.9. The summed E-state index contributed by atoms with van der Waals surface area (Å²) in [4.78, 5) is 23.5. The molecule has 0 aliphatic heterocycles. The van der Waals surface area contributed by atoms with Crippen molar-refractivity contribution in [3.05, 3.63) is 69.9 Å². The molecule has 1 unspecified atom stereocenters. The number of amides is 1. The van der Waals surface area contributed by atoms with E-state index < -0.39 is 17.7 Å². The molecule has 0 saturated heterocycles. The topological polar surface area (TPSA) is 55.4 Å². The summed E-state index contributed by atoms with van der Waals surface area (Å²) in [5, 5.41) is 2.75. The van der Waals surface area contributed by atoms with Gasteiger partial charge in [-0.1, -0.05) is 40.2 Å². The number of esters is 1. The van der Waals surface area contributed by atoms with Gasteiger partial charge in [0.05, 0.1) is 12.5 Å². The first kappa shape index (κ1) is 18.1. The van der Waals surface area contributed by atoms with E-state index in [4.69, 9.17) is 4.74 Å². The Morgan fingerprint density at radius 3 is 2.58 bits per heavy atom. The van der Waals surface area contributed by atoms with Crippen LogP contribution >= 0.6 is 15.9 Å². The second kappa shape index (κ2) is 8.59. The van der Waals surface area contributed by atoms with Crippen LogP contribution in [0.25, 0.3) is 0 Å². The van der Waals surface area contributed by atoms with Crippen molar-refractivity contribution in [1.29, 1.82) is 0 Å². The second-order valence-electron chi connectivity index (χ2n) is 5.31. The maximum Gasteiger partial charge on any atom is 0.310 e. The van der Waals surface area contributed by atoms with Gasteiger partial charge in [0.1, 0.15) is 5.82 Å². The molecule has 0 radical (unpaired) electrons. The maximum atomic E-state index is 13.0. The standard InChI is InChI=1S/C18H17BrFNO3/c1-12(14-5-7-15(19)8-6-14)21-17(22)11-24-18(23)10-13-3-2-4-16(20)9-13/h2-9,12H,10-11H2,1H3,(H,21,22). The highest BCUT2D eigenvalue weighted by molar-refractivity contribution is 9.10. The number of benzene rings is 2. The van der Waals surface area contributed by atoms with Crippen LogP contribution in [0.1, 0.15) is 24.1 Å². The number of carbonyl (C=O) groups is 2. The molecule has 0 saturated carbocycles. The molecule has 2 aromatic rings. The van der Waals surface area contributed by atoms with Gasteiger partial charge in [0.2, 0.25) is 0 Å². The van der Waals surface area contributed by atoms with Crippen LogP contribution in [0.2, 0.25) is 0 Å². The van der Waals surface area contributed by atoms with Crippen LogP contribution in [0.3, 0.4) is 0 Å². The highest BCUT2D eigenvalue weighted by atomic mass is 79.9. The minimum absolute atomic E-state index is 0.0761. The highest BCUT2D eigenvalue weighted by Gasteiger charge is 2.12. The fourth-order valence-corrected chi connectivity index (χ4v) is 2.39. The Labute approximate surface area is 148 Å². The van der Waals surface area contributed by atoms with Gasteiger partial charge in [-0.15, -0.1) is 0 Å². The Bertz CT molecular complexity index is 718. The van der Waals surface area contributed by atoms with Crippen LogP contribution < -0.4 is 5.32 Å². The average Bonchev–Trinajstić information content (AvgIpc) is 2.53. The van der Waals surface area contributed by atoms with E-state index in [-0.39, 0.29) is 19.1 Å². The zero-order valence-corrected chi connectivity index (χ0v) is 14.7. The highest BCUT2D eigenvalue weighted by Crippen LogP contribution is 2.16. The maximum absolute atomic E-state index is 13.0. The number of carbonyl (C=O) groups excluding carboxylic acids is 2.